The number of amides is 1. The summed E-state index contributed by atoms with van der Waals surface area (Å²) < 4.78 is 10.6. The Hall–Kier alpha value is -1.95. The van der Waals surface area contributed by atoms with Crippen molar-refractivity contribution in [2.75, 3.05) is 20.8 Å². The van der Waals surface area contributed by atoms with Crippen LogP contribution in [0.4, 0.5) is 0 Å². The molecule has 0 aliphatic heterocycles. The molecule has 0 bridgehead atoms. The standard InChI is InChI=1S/C19H19Cl2NO4/c1-25-16-7-11-5-6-19(24,14(11)9-17(16)26-2)10-22-18(23)13-4-3-12(20)8-15(13)21/h3-4,7-9,24H,5-6,10H2,1-2H3,(H,22,23). The van der Waals surface area contributed by atoms with E-state index in [1.54, 1.807) is 32.4 Å². The monoisotopic (exact) mass is 395 g/mol. The van der Waals surface area contributed by atoms with E-state index in [-0.39, 0.29) is 17.5 Å². The minimum absolute atomic E-state index is 0.0628. The van der Waals surface area contributed by atoms with Crippen molar-refractivity contribution in [3.05, 3.63) is 57.1 Å². The van der Waals surface area contributed by atoms with Gasteiger partial charge in [-0.1, -0.05) is 23.2 Å². The first-order valence-corrected chi connectivity index (χ1v) is 8.84. The van der Waals surface area contributed by atoms with Gasteiger partial charge in [0, 0.05) is 5.02 Å². The van der Waals surface area contributed by atoms with Gasteiger partial charge in [0.05, 0.1) is 31.4 Å². The predicted octanol–water partition coefficient (Wildman–Crippen LogP) is 3.57. The van der Waals surface area contributed by atoms with Crippen molar-refractivity contribution in [3.8, 4) is 11.5 Å². The highest BCUT2D eigenvalue weighted by Crippen LogP contribution is 2.42. The number of ether oxygens (including phenoxy) is 2. The van der Waals surface area contributed by atoms with Gasteiger partial charge >= 0.3 is 0 Å². The fraction of sp³-hybridized carbons (Fsp3) is 0.316. The number of aliphatic hydroxyl groups is 1. The highest BCUT2D eigenvalue weighted by Gasteiger charge is 2.38. The van der Waals surface area contributed by atoms with Crippen molar-refractivity contribution in [3.63, 3.8) is 0 Å². The Morgan fingerprint density at radius 3 is 2.54 bits per heavy atom. The average molecular weight is 396 g/mol. The van der Waals surface area contributed by atoms with Gasteiger partial charge in [-0.3, -0.25) is 4.79 Å². The Morgan fingerprint density at radius 1 is 1.19 bits per heavy atom. The van der Waals surface area contributed by atoms with Crippen molar-refractivity contribution in [1.29, 1.82) is 0 Å². The highest BCUT2D eigenvalue weighted by molar-refractivity contribution is 6.36. The van der Waals surface area contributed by atoms with E-state index in [9.17, 15) is 9.90 Å². The normalized spacial score (nSPS) is 18.3. The number of aryl methyl sites for hydroxylation is 1. The largest absolute Gasteiger partial charge is 0.493 e. The average Bonchev–Trinajstić information content (AvgIpc) is 2.95. The molecule has 0 heterocycles. The van der Waals surface area contributed by atoms with Gasteiger partial charge in [-0.05, 0) is 54.3 Å². The van der Waals surface area contributed by atoms with Crippen LogP contribution in [0.3, 0.4) is 0 Å². The molecule has 1 unspecified atom stereocenters. The van der Waals surface area contributed by atoms with E-state index in [1.165, 1.54) is 6.07 Å². The summed E-state index contributed by atoms with van der Waals surface area (Å²) in [5.41, 5.74) is 0.843. The molecule has 0 radical (unpaired) electrons. The summed E-state index contributed by atoms with van der Waals surface area (Å²) >= 11 is 11.9. The number of benzene rings is 2. The van der Waals surface area contributed by atoms with Gasteiger partial charge in [0.2, 0.25) is 0 Å². The van der Waals surface area contributed by atoms with Crippen LogP contribution < -0.4 is 14.8 Å². The molecule has 5 nitrogen and oxygen atoms in total. The molecule has 138 valence electrons. The highest BCUT2D eigenvalue weighted by atomic mass is 35.5. The second kappa shape index (κ2) is 7.35. The molecular formula is C19H19Cl2NO4. The fourth-order valence-corrected chi connectivity index (χ4v) is 3.71. The van der Waals surface area contributed by atoms with Crippen LogP contribution in [-0.4, -0.2) is 31.8 Å². The molecule has 1 amide bonds. The van der Waals surface area contributed by atoms with Gasteiger partial charge in [0.15, 0.2) is 11.5 Å². The Morgan fingerprint density at radius 2 is 1.88 bits per heavy atom. The van der Waals surface area contributed by atoms with E-state index in [4.69, 9.17) is 32.7 Å². The summed E-state index contributed by atoms with van der Waals surface area (Å²) in [6, 6.07) is 8.29. The topological polar surface area (TPSA) is 67.8 Å². The molecule has 0 saturated heterocycles. The lowest BCUT2D eigenvalue weighted by atomic mass is 9.95. The molecule has 2 aromatic rings. The van der Waals surface area contributed by atoms with E-state index in [0.717, 1.165) is 11.1 Å². The molecule has 1 aliphatic carbocycles. The summed E-state index contributed by atoms with van der Waals surface area (Å²) in [5, 5.41) is 14.5. The molecule has 26 heavy (non-hydrogen) atoms. The van der Waals surface area contributed by atoms with E-state index in [0.29, 0.717) is 34.9 Å². The lowest BCUT2D eigenvalue weighted by Crippen LogP contribution is -2.39. The Balaban J connectivity index is 1.80. The quantitative estimate of drug-likeness (QED) is 0.811. The molecular weight excluding hydrogens is 377 g/mol. The van der Waals surface area contributed by atoms with Crippen LogP contribution in [0, 0.1) is 0 Å². The van der Waals surface area contributed by atoms with Gasteiger partial charge < -0.3 is 19.9 Å². The van der Waals surface area contributed by atoms with Gasteiger partial charge in [-0.25, -0.2) is 0 Å². The van der Waals surface area contributed by atoms with E-state index >= 15 is 0 Å². The summed E-state index contributed by atoms with van der Waals surface area (Å²) in [5.74, 6) is 0.792. The second-order valence-electron chi connectivity index (χ2n) is 6.20. The van der Waals surface area contributed by atoms with Crippen molar-refractivity contribution in [1.82, 2.24) is 5.32 Å². The van der Waals surface area contributed by atoms with Crippen LogP contribution >= 0.6 is 23.2 Å². The molecule has 7 heteroatoms. The smallest absolute Gasteiger partial charge is 0.252 e. The number of hydrogen-bond acceptors (Lipinski definition) is 4. The first-order chi connectivity index (χ1) is 12.4. The number of hydrogen-bond donors (Lipinski definition) is 2. The lowest BCUT2D eigenvalue weighted by Gasteiger charge is -2.25. The van der Waals surface area contributed by atoms with Gasteiger partial charge in [-0.15, -0.1) is 0 Å². The van der Waals surface area contributed by atoms with Crippen molar-refractivity contribution in [2.45, 2.75) is 18.4 Å². The molecule has 2 N–H and O–H groups in total. The Kier molecular flexibility index (Phi) is 5.32. The minimum atomic E-state index is -1.18. The summed E-state index contributed by atoms with van der Waals surface area (Å²) in [6.07, 6.45) is 1.18. The van der Waals surface area contributed by atoms with Crippen LogP contribution in [0.2, 0.25) is 10.0 Å². The van der Waals surface area contributed by atoms with Crippen molar-refractivity contribution < 1.29 is 19.4 Å². The third-order valence-electron chi connectivity index (χ3n) is 4.64. The van der Waals surface area contributed by atoms with E-state index in [2.05, 4.69) is 5.32 Å². The maximum atomic E-state index is 12.4. The zero-order valence-electron chi connectivity index (χ0n) is 14.4. The zero-order chi connectivity index (χ0) is 18.9. The molecule has 1 aliphatic rings. The molecule has 0 fully saturated rings. The summed E-state index contributed by atoms with van der Waals surface area (Å²) in [4.78, 5) is 12.4. The maximum Gasteiger partial charge on any atom is 0.252 e. The maximum absolute atomic E-state index is 12.4. The van der Waals surface area contributed by atoms with Crippen LogP contribution in [0.25, 0.3) is 0 Å². The molecule has 0 spiro atoms. The van der Waals surface area contributed by atoms with Crippen LogP contribution in [0.1, 0.15) is 27.9 Å². The number of nitrogens with one attached hydrogen (secondary N) is 1. The third kappa shape index (κ3) is 3.47. The van der Waals surface area contributed by atoms with Crippen LogP contribution in [0.5, 0.6) is 11.5 Å². The Bertz CT molecular complexity index is 856. The number of carbonyl (C=O) groups is 1. The Labute approximate surface area is 161 Å². The summed E-state index contributed by atoms with van der Waals surface area (Å²) in [7, 11) is 3.12. The summed E-state index contributed by atoms with van der Waals surface area (Å²) in [6.45, 7) is 0.0628. The number of fused-ring (bicyclic) bond motifs is 1. The number of carbonyl (C=O) groups excluding carboxylic acids is 1. The zero-order valence-corrected chi connectivity index (χ0v) is 15.9. The molecule has 1 atom stereocenters. The molecule has 0 saturated carbocycles. The van der Waals surface area contributed by atoms with Gasteiger partial charge in [0.25, 0.3) is 5.91 Å². The first kappa shape index (κ1) is 18.8. The number of halogens is 2. The van der Waals surface area contributed by atoms with Gasteiger partial charge in [0.1, 0.15) is 5.60 Å². The van der Waals surface area contributed by atoms with E-state index < -0.39 is 5.60 Å². The van der Waals surface area contributed by atoms with E-state index in [1.807, 2.05) is 6.07 Å². The number of methoxy groups -OCH3 is 2. The van der Waals surface area contributed by atoms with Crippen molar-refractivity contribution in [2.24, 2.45) is 0 Å². The third-order valence-corrected chi connectivity index (χ3v) is 5.18. The first-order valence-electron chi connectivity index (χ1n) is 8.09. The second-order valence-corrected chi connectivity index (χ2v) is 7.05. The molecule has 3 rings (SSSR count). The van der Waals surface area contributed by atoms with Crippen LogP contribution in [-0.2, 0) is 12.0 Å². The lowest BCUT2D eigenvalue weighted by molar-refractivity contribution is 0.0368. The number of rotatable bonds is 5. The fourth-order valence-electron chi connectivity index (χ4n) is 3.22. The predicted molar refractivity (Wildman–Crippen MR) is 101 cm³/mol. The van der Waals surface area contributed by atoms with Crippen molar-refractivity contribution >= 4 is 29.1 Å². The van der Waals surface area contributed by atoms with Gasteiger partial charge in [-0.2, -0.15) is 0 Å². The van der Waals surface area contributed by atoms with Crippen LogP contribution in [0.15, 0.2) is 30.3 Å². The minimum Gasteiger partial charge on any atom is -0.493 e. The molecule has 0 aromatic heterocycles. The molecule has 2 aromatic carbocycles. The SMILES string of the molecule is COc1cc2c(cc1OC)C(O)(CNC(=O)c1ccc(Cl)cc1Cl)CC2.